The van der Waals surface area contributed by atoms with Gasteiger partial charge in [0.25, 0.3) is 0 Å². The molecule has 3 heterocycles. The van der Waals surface area contributed by atoms with E-state index in [-0.39, 0.29) is 0 Å². The van der Waals surface area contributed by atoms with Gasteiger partial charge in [0.1, 0.15) is 0 Å². The molecule has 2 aromatic heterocycles. The van der Waals surface area contributed by atoms with Crippen LogP contribution in [0.25, 0.3) is 11.3 Å². The summed E-state index contributed by atoms with van der Waals surface area (Å²) in [5.41, 5.74) is 3.23. The highest BCUT2D eigenvalue weighted by Gasteiger charge is 2.12. The van der Waals surface area contributed by atoms with Crippen molar-refractivity contribution in [1.29, 1.82) is 0 Å². The fourth-order valence-electron chi connectivity index (χ4n) is 2.13. The molecular formula is C13H14N2O. The van der Waals surface area contributed by atoms with Crippen LogP contribution in [-0.2, 0) is 0 Å². The average molecular weight is 214 g/mol. The Morgan fingerprint density at radius 3 is 2.62 bits per heavy atom. The molecule has 3 rings (SSSR count). The van der Waals surface area contributed by atoms with E-state index in [4.69, 9.17) is 4.42 Å². The van der Waals surface area contributed by atoms with Crippen molar-refractivity contribution in [2.24, 2.45) is 0 Å². The van der Waals surface area contributed by atoms with Gasteiger partial charge in [-0.3, -0.25) is 4.98 Å². The molecule has 0 saturated carbocycles. The Morgan fingerprint density at radius 2 is 2.00 bits per heavy atom. The summed E-state index contributed by atoms with van der Waals surface area (Å²) >= 11 is 0. The second kappa shape index (κ2) is 4.00. The highest BCUT2D eigenvalue weighted by molar-refractivity contribution is 5.60. The number of aromatic nitrogens is 1. The summed E-state index contributed by atoms with van der Waals surface area (Å²) in [6.07, 6.45) is 7.93. The molecule has 3 nitrogen and oxygen atoms in total. The van der Waals surface area contributed by atoms with E-state index in [1.807, 2.05) is 12.3 Å². The van der Waals surface area contributed by atoms with Crippen LogP contribution in [0.4, 0.5) is 5.69 Å². The van der Waals surface area contributed by atoms with Crippen molar-refractivity contribution >= 4 is 5.69 Å². The fraction of sp³-hybridized carbons (Fsp3) is 0.308. The number of hydrogen-bond acceptors (Lipinski definition) is 3. The SMILES string of the molecule is c1cc(-c2ccc(N3CCCC3)cn2)co1. The van der Waals surface area contributed by atoms with Crippen LogP contribution in [0, 0.1) is 0 Å². The van der Waals surface area contributed by atoms with Crippen LogP contribution in [0.1, 0.15) is 12.8 Å². The van der Waals surface area contributed by atoms with E-state index in [9.17, 15) is 0 Å². The molecule has 0 aromatic carbocycles. The summed E-state index contributed by atoms with van der Waals surface area (Å²) in [5, 5.41) is 0. The summed E-state index contributed by atoms with van der Waals surface area (Å²) in [4.78, 5) is 6.85. The third-order valence-corrected chi connectivity index (χ3v) is 3.04. The first-order valence-electron chi connectivity index (χ1n) is 5.67. The minimum Gasteiger partial charge on any atom is -0.472 e. The van der Waals surface area contributed by atoms with E-state index >= 15 is 0 Å². The van der Waals surface area contributed by atoms with Gasteiger partial charge in [0.05, 0.1) is 30.1 Å². The summed E-state index contributed by atoms with van der Waals surface area (Å²) in [6, 6.07) is 6.12. The smallest absolute Gasteiger partial charge is 0.0996 e. The maximum atomic E-state index is 5.05. The lowest BCUT2D eigenvalue weighted by atomic mass is 10.2. The van der Waals surface area contributed by atoms with Crippen LogP contribution in [0.2, 0.25) is 0 Å². The Bertz CT molecular complexity index is 441. The van der Waals surface area contributed by atoms with Gasteiger partial charge in [0, 0.05) is 18.7 Å². The molecule has 0 atom stereocenters. The van der Waals surface area contributed by atoms with E-state index < -0.39 is 0 Å². The van der Waals surface area contributed by atoms with E-state index in [1.165, 1.54) is 18.5 Å². The normalized spacial score (nSPS) is 15.6. The molecule has 16 heavy (non-hydrogen) atoms. The second-order valence-electron chi connectivity index (χ2n) is 4.11. The molecule has 0 aliphatic carbocycles. The quantitative estimate of drug-likeness (QED) is 0.769. The number of anilines is 1. The zero-order valence-corrected chi connectivity index (χ0v) is 9.10. The number of pyridine rings is 1. The molecule has 0 N–H and O–H groups in total. The first kappa shape index (κ1) is 9.46. The molecule has 0 amide bonds. The van der Waals surface area contributed by atoms with Crippen LogP contribution >= 0.6 is 0 Å². The van der Waals surface area contributed by atoms with Gasteiger partial charge in [-0.1, -0.05) is 0 Å². The van der Waals surface area contributed by atoms with Crippen molar-refractivity contribution in [3.8, 4) is 11.3 Å². The molecule has 1 aliphatic rings. The molecule has 2 aromatic rings. The third kappa shape index (κ3) is 1.69. The van der Waals surface area contributed by atoms with Crippen molar-refractivity contribution in [3.63, 3.8) is 0 Å². The lowest BCUT2D eigenvalue weighted by molar-refractivity contribution is 0.568. The van der Waals surface area contributed by atoms with Gasteiger partial charge in [0.2, 0.25) is 0 Å². The molecule has 1 fully saturated rings. The van der Waals surface area contributed by atoms with Gasteiger partial charge in [0.15, 0.2) is 0 Å². The molecule has 3 heteroatoms. The van der Waals surface area contributed by atoms with Gasteiger partial charge in [-0.05, 0) is 31.0 Å². The number of hydrogen-bond donors (Lipinski definition) is 0. The van der Waals surface area contributed by atoms with Gasteiger partial charge in [-0.25, -0.2) is 0 Å². The number of rotatable bonds is 2. The van der Waals surface area contributed by atoms with E-state index in [1.54, 1.807) is 12.5 Å². The van der Waals surface area contributed by atoms with Gasteiger partial charge in [-0.15, -0.1) is 0 Å². The Balaban J connectivity index is 1.84. The molecule has 82 valence electrons. The Labute approximate surface area is 94.7 Å². The standard InChI is InChI=1S/C13H14N2O/c1-2-7-15(6-1)12-3-4-13(14-9-12)11-5-8-16-10-11/h3-5,8-10H,1-2,6-7H2. The van der Waals surface area contributed by atoms with Gasteiger partial charge in [-0.2, -0.15) is 0 Å². The minimum atomic E-state index is 0.969. The molecule has 0 bridgehead atoms. The van der Waals surface area contributed by atoms with Gasteiger partial charge < -0.3 is 9.32 Å². The van der Waals surface area contributed by atoms with Crippen molar-refractivity contribution in [2.75, 3.05) is 18.0 Å². The Hall–Kier alpha value is -1.77. The lowest BCUT2D eigenvalue weighted by Crippen LogP contribution is -2.17. The topological polar surface area (TPSA) is 29.3 Å². The maximum absolute atomic E-state index is 5.05. The van der Waals surface area contributed by atoms with E-state index in [0.29, 0.717) is 0 Å². The lowest BCUT2D eigenvalue weighted by Gasteiger charge is -2.16. The molecule has 1 saturated heterocycles. The van der Waals surface area contributed by atoms with Crippen LogP contribution < -0.4 is 4.90 Å². The molecule has 0 spiro atoms. The zero-order valence-electron chi connectivity index (χ0n) is 9.10. The van der Waals surface area contributed by atoms with Crippen molar-refractivity contribution in [1.82, 2.24) is 4.98 Å². The Morgan fingerprint density at radius 1 is 1.12 bits per heavy atom. The predicted molar refractivity (Wildman–Crippen MR) is 63.4 cm³/mol. The highest BCUT2D eigenvalue weighted by atomic mass is 16.3. The fourth-order valence-corrected chi connectivity index (χ4v) is 2.13. The van der Waals surface area contributed by atoms with Crippen LogP contribution in [0.3, 0.4) is 0 Å². The number of nitrogens with zero attached hydrogens (tertiary/aromatic N) is 2. The first-order chi connectivity index (χ1) is 7.93. The summed E-state index contributed by atoms with van der Waals surface area (Å²) in [5.74, 6) is 0. The largest absolute Gasteiger partial charge is 0.472 e. The monoisotopic (exact) mass is 214 g/mol. The van der Waals surface area contributed by atoms with E-state index in [0.717, 1.165) is 24.3 Å². The summed E-state index contributed by atoms with van der Waals surface area (Å²) < 4.78 is 5.05. The molecular weight excluding hydrogens is 200 g/mol. The zero-order chi connectivity index (χ0) is 10.8. The average Bonchev–Trinajstić information content (AvgIpc) is 3.03. The van der Waals surface area contributed by atoms with Crippen LogP contribution in [0.5, 0.6) is 0 Å². The highest BCUT2D eigenvalue weighted by Crippen LogP contribution is 2.23. The Kier molecular flexibility index (Phi) is 2.37. The van der Waals surface area contributed by atoms with Crippen LogP contribution in [0.15, 0.2) is 41.3 Å². The molecule has 0 unspecified atom stereocenters. The summed E-state index contributed by atoms with van der Waals surface area (Å²) in [7, 11) is 0. The van der Waals surface area contributed by atoms with Crippen molar-refractivity contribution < 1.29 is 4.42 Å². The number of furan rings is 1. The van der Waals surface area contributed by atoms with Crippen molar-refractivity contribution in [2.45, 2.75) is 12.8 Å². The first-order valence-corrected chi connectivity index (χ1v) is 5.67. The van der Waals surface area contributed by atoms with E-state index in [2.05, 4.69) is 22.0 Å². The minimum absolute atomic E-state index is 0.969. The second-order valence-corrected chi connectivity index (χ2v) is 4.11. The molecule has 0 radical (unpaired) electrons. The predicted octanol–water partition coefficient (Wildman–Crippen LogP) is 2.94. The molecule has 1 aliphatic heterocycles. The maximum Gasteiger partial charge on any atom is 0.0996 e. The summed E-state index contributed by atoms with van der Waals surface area (Å²) in [6.45, 7) is 2.32. The third-order valence-electron chi connectivity index (χ3n) is 3.04. The van der Waals surface area contributed by atoms with Gasteiger partial charge >= 0.3 is 0 Å². The van der Waals surface area contributed by atoms with Crippen LogP contribution in [-0.4, -0.2) is 18.1 Å². The van der Waals surface area contributed by atoms with Crippen molar-refractivity contribution in [3.05, 3.63) is 36.9 Å².